The van der Waals surface area contributed by atoms with Crippen molar-refractivity contribution < 1.29 is 23.6 Å². The van der Waals surface area contributed by atoms with Crippen LogP contribution in [0, 0.1) is 0 Å². The number of hydrogen-bond acceptors (Lipinski definition) is 9. The van der Waals surface area contributed by atoms with E-state index >= 15 is 0 Å². The first-order valence-electron chi connectivity index (χ1n) is 15.8. The molecule has 6 nitrogen and oxygen atoms in total. The van der Waals surface area contributed by atoms with Gasteiger partial charge in [0.2, 0.25) is 0 Å². The van der Waals surface area contributed by atoms with Crippen LogP contribution in [-0.4, -0.2) is 72.0 Å². The van der Waals surface area contributed by atoms with Crippen molar-refractivity contribution in [1.29, 1.82) is 0 Å². The number of carbonyl (C=O) groups excluding carboxylic acids is 3. The molecule has 0 unspecified atom stereocenters. The van der Waals surface area contributed by atoms with Crippen molar-refractivity contribution in [3.63, 3.8) is 0 Å². The third kappa shape index (κ3) is 24.8. The van der Waals surface area contributed by atoms with Gasteiger partial charge in [0.15, 0.2) is 0 Å². The van der Waals surface area contributed by atoms with E-state index in [1.807, 2.05) is 0 Å². The van der Waals surface area contributed by atoms with Gasteiger partial charge in [0, 0.05) is 0 Å². The van der Waals surface area contributed by atoms with Gasteiger partial charge in [-0.3, -0.25) is 0 Å². The van der Waals surface area contributed by atoms with E-state index in [9.17, 15) is 14.4 Å². The fourth-order valence-electron chi connectivity index (χ4n) is 3.86. The summed E-state index contributed by atoms with van der Waals surface area (Å²) in [6.07, 6.45) is 17.9. The van der Waals surface area contributed by atoms with Crippen LogP contribution in [0.2, 0.25) is 4.44 Å². The van der Waals surface area contributed by atoms with E-state index < -0.39 is 37.5 Å². The molecule has 0 heterocycles. The molecule has 0 radical (unpaired) electrons. The van der Waals surface area contributed by atoms with Gasteiger partial charge >= 0.3 is 266 Å². The predicted octanol–water partition coefficient (Wildman–Crippen LogP) is 9.08. The summed E-state index contributed by atoms with van der Waals surface area (Å²) in [4.78, 5) is 38.6. The Labute approximate surface area is 264 Å². The molecule has 0 saturated heterocycles. The molecule has 0 bridgehead atoms. The second-order valence-electron chi connectivity index (χ2n) is 10.3. The van der Waals surface area contributed by atoms with E-state index in [1.165, 1.54) is 80.2 Å². The SMILES string of the molecule is CCCCCCCCCCC[CH2][Sn]([O]C(=O)CSCCCC)([O]C(=O)CSCCCC)[O]C(=O)CSCCCC. The Balaban J connectivity index is 5.27. The molecule has 0 aromatic rings. The predicted molar refractivity (Wildman–Crippen MR) is 177 cm³/mol. The number of unbranched alkanes of at least 4 members (excludes halogenated alkanes) is 12. The molecule has 0 atom stereocenters. The summed E-state index contributed by atoms with van der Waals surface area (Å²) in [6.45, 7) is 8.58. The molecule has 0 saturated carbocycles. The fourth-order valence-corrected chi connectivity index (χ4v) is 14.1. The summed E-state index contributed by atoms with van der Waals surface area (Å²) < 4.78 is 18.2. The van der Waals surface area contributed by atoms with E-state index in [0.717, 1.165) is 75.0 Å². The van der Waals surface area contributed by atoms with Gasteiger partial charge in [0.1, 0.15) is 0 Å². The van der Waals surface area contributed by atoms with Crippen molar-refractivity contribution in [3.05, 3.63) is 0 Å². The van der Waals surface area contributed by atoms with E-state index in [2.05, 4.69) is 27.7 Å². The molecule has 0 fully saturated rings. The normalized spacial score (nSPS) is 11.4. The summed E-state index contributed by atoms with van der Waals surface area (Å²) in [5, 5.41) is 0. The Kier molecular flexibility index (Phi) is 29.5. The van der Waals surface area contributed by atoms with Gasteiger partial charge in [-0.15, -0.1) is 0 Å². The third-order valence-corrected chi connectivity index (χ3v) is 16.7. The Morgan fingerprint density at radius 2 is 0.750 bits per heavy atom. The van der Waals surface area contributed by atoms with Crippen molar-refractivity contribution in [2.45, 2.75) is 135 Å². The van der Waals surface area contributed by atoms with Crippen LogP contribution in [0.1, 0.15) is 130 Å². The zero-order valence-electron chi connectivity index (χ0n) is 25.9. The molecule has 236 valence electrons. The first-order valence-corrected chi connectivity index (χ1v) is 24.8. The van der Waals surface area contributed by atoms with Gasteiger partial charge < -0.3 is 0 Å². The van der Waals surface area contributed by atoms with Crippen molar-refractivity contribution >= 4 is 72.8 Å². The van der Waals surface area contributed by atoms with Crippen LogP contribution < -0.4 is 0 Å². The number of rotatable bonds is 29. The summed E-state index contributed by atoms with van der Waals surface area (Å²) in [6, 6.07) is 0. The Morgan fingerprint density at radius 1 is 0.450 bits per heavy atom. The molecule has 10 heteroatoms. The van der Waals surface area contributed by atoms with Crippen LogP contribution in [0.5, 0.6) is 0 Å². The van der Waals surface area contributed by atoms with Crippen LogP contribution in [0.3, 0.4) is 0 Å². The second-order valence-corrected chi connectivity index (χ2v) is 20.6. The van der Waals surface area contributed by atoms with Gasteiger partial charge in [-0.05, 0) is 0 Å². The zero-order chi connectivity index (χ0) is 29.7. The van der Waals surface area contributed by atoms with Crippen molar-refractivity contribution in [2.75, 3.05) is 34.5 Å². The van der Waals surface area contributed by atoms with Gasteiger partial charge in [0.25, 0.3) is 0 Å². The van der Waals surface area contributed by atoms with E-state index in [0.29, 0.717) is 4.44 Å². The quantitative estimate of drug-likeness (QED) is 0.0554. The van der Waals surface area contributed by atoms with E-state index in [1.54, 1.807) is 0 Å². The molecule has 0 aliphatic carbocycles. The first kappa shape index (κ1) is 40.3. The Bertz CT molecular complexity index is 574. The van der Waals surface area contributed by atoms with Gasteiger partial charge in [0.05, 0.1) is 0 Å². The fraction of sp³-hybridized carbons (Fsp3) is 0.900. The van der Waals surface area contributed by atoms with Gasteiger partial charge in [-0.25, -0.2) is 0 Å². The zero-order valence-corrected chi connectivity index (χ0v) is 31.2. The molecule has 0 rings (SSSR count). The third-order valence-electron chi connectivity index (χ3n) is 6.23. The van der Waals surface area contributed by atoms with Crippen LogP contribution in [0.25, 0.3) is 0 Å². The summed E-state index contributed by atoms with van der Waals surface area (Å²) >= 11 is -0.278. The maximum absolute atomic E-state index is 12.9. The number of thioether (sulfide) groups is 3. The molecule has 40 heavy (non-hydrogen) atoms. The summed E-state index contributed by atoms with van der Waals surface area (Å²) in [5.74, 6) is 1.87. The molecule has 0 amide bonds. The maximum atomic E-state index is 12.9. The van der Waals surface area contributed by atoms with Crippen molar-refractivity contribution in [3.8, 4) is 0 Å². The molecular weight excluding hydrogens is 671 g/mol. The van der Waals surface area contributed by atoms with Crippen LogP contribution in [0.15, 0.2) is 0 Å². The monoisotopic (exact) mass is 730 g/mol. The summed E-state index contributed by atoms with van der Waals surface area (Å²) in [5.41, 5.74) is 0. The molecular formula is C30H58O6S3Sn. The average Bonchev–Trinajstić information content (AvgIpc) is 2.92. The van der Waals surface area contributed by atoms with Gasteiger partial charge in [-0.2, -0.15) is 0 Å². The molecule has 0 spiro atoms. The molecule has 0 N–H and O–H groups in total. The topological polar surface area (TPSA) is 78.9 Å². The van der Waals surface area contributed by atoms with Crippen molar-refractivity contribution in [1.82, 2.24) is 0 Å². The molecule has 0 aromatic carbocycles. The number of carbonyl (C=O) groups is 3. The Morgan fingerprint density at radius 3 is 1.07 bits per heavy atom. The molecule has 0 aliphatic rings. The molecule has 0 aromatic heterocycles. The van der Waals surface area contributed by atoms with E-state index in [4.69, 9.17) is 9.22 Å². The van der Waals surface area contributed by atoms with E-state index in [-0.39, 0.29) is 17.3 Å². The van der Waals surface area contributed by atoms with Crippen LogP contribution in [0.4, 0.5) is 0 Å². The molecule has 0 aliphatic heterocycles. The average molecular weight is 730 g/mol. The van der Waals surface area contributed by atoms with Crippen LogP contribution >= 0.6 is 35.3 Å². The van der Waals surface area contributed by atoms with Gasteiger partial charge in [-0.1, -0.05) is 0 Å². The van der Waals surface area contributed by atoms with Crippen LogP contribution in [-0.2, 0) is 23.6 Å². The second kappa shape index (κ2) is 29.3. The minimum absolute atomic E-state index is 0.183. The standard InChI is InChI=1S/C12H25.3C6H12O2S.Sn/c1-3-5-7-9-11-12-10-8-6-4-2;3*1-2-3-4-9-5-6(7)8;/h1,3-12H2,2H3;3*2-5H2,1H3,(H,7,8);/q;;;;+3/p-3. The summed E-state index contributed by atoms with van der Waals surface area (Å²) in [7, 11) is 0. The minimum atomic E-state index is -4.83. The van der Waals surface area contributed by atoms with Crippen molar-refractivity contribution in [2.24, 2.45) is 0 Å². The number of hydrogen-bond donors (Lipinski definition) is 0. The Hall–Kier alpha value is 0.259. The first-order chi connectivity index (χ1) is 19.4.